The van der Waals surface area contributed by atoms with Crippen LogP contribution in [0, 0.1) is 11.8 Å². The Kier molecular flexibility index (Phi) is 1.27. The maximum Gasteiger partial charge on any atom is 0.228 e. The first-order valence-electron chi connectivity index (χ1n) is 3.79. The highest BCUT2D eigenvalue weighted by Gasteiger charge is 2.50. The fourth-order valence-electron chi connectivity index (χ4n) is 1.86. The lowest BCUT2D eigenvalue weighted by Gasteiger charge is -2.21. The first-order chi connectivity index (χ1) is 4.72. The van der Waals surface area contributed by atoms with Crippen molar-refractivity contribution < 1.29 is 9.47 Å². The zero-order chi connectivity index (χ0) is 7.19. The second-order valence-corrected chi connectivity index (χ2v) is 3.25. The fourth-order valence-corrected chi connectivity index (χ4v) is 1.86. The molecular weight excluding hydrogens is 130 g/mol. The van der Waals surface area contributed by atoms with Gasteiger partial charge in [0.25, 0.3) is 0 Å². The van der Waals surface area contributed by atoms with Crippen molar-refractivity contribution in [3.05, 3.63) is 0 Å². The second-order valence-electron chi connectivity index (χ2n) is 3.25. The molecule has 2 rings (SSSR count). The summed E-state index contributed by atoms with van der Waals surface area (Å²) in [4.78, 5) is 0. The quantitative estimate of drug-likeness (QED) is 0.530. The highest BCUT2D eigenvalue weighted by molar-refractivity contribution is 4.88. The van der Waals surface area contributed by atoms with E-state index in [-0.39, 0.29) is 0 Å². The smallest absolute Gasteiger partial charge is 0.228 e. The number of nitrogens with two attached hydrogens (primary N) is 1. The van der Waals surface area contributed by atoms with E-state index in [1.165, 1.54) is 0 Å². The van der Waals surface area contributed by atoms with Crippen molar-refractivity contribution in [1.29, 1.82) is 0 Å². The van der Waals surface area contributed by atoms with Crippen molar-refractivity contribution in [2.45, 2.75) is 19.3 Å². The molecule has 3 atom stereocenters. The van der Waals surface area contributed by atoms with E-state index in [2.05, 4.69) is 6.92 Å². The molecule has 0 saturated carbocycles. The van der Waals surface area contributed by atoms with E-state index in [1.807, 2.05) is 0 Å². The van der Waals surface area contributed by atoms with Crippen LogP contribution in [0.3, 0.4) is 0 Å². The first kappa shape index (κ1) is 6.58. The lowest BCUT2D eigenvalue weighted by molar-refractivity contribution is -0.191. The molecule has 0 aromatic heterocycles. The van der Waals surface area contributed by atoms with Crippen LogP contribution < -0.4 is 5.73 Å². The summed E-state index contributed by atoms with van der Waals surface area (Å²) in [5.74, 6) is 0.263. The van der Waals surface area contributed by atoms with Gasteiger partial charge in [0, 0.05) is 5.92 Å². The number of hydrogen-bond donors (Lipinski definition) is 1. The van der Waals surface area contributed by atoms with Crippen molar-refractivity contribution >= 4 is 0 Å². The lowest BCUT2D eigenvalue weighted by atomic mass is 9.93. The minimum absolute atomic E-state index is 0.424. The van der Waals surface area contributed by atoms with Crippen LogP contribution in [0.4, 0.5) is 0 Å². The predicted octanol–water partition coefficient (Wildman–Crippen LogP) is 0.302. The summed E-state index contributed by atoms with van der Waals surface area (Å²) in [7, 11) is 0. The van der Waals surface area contributed by atoms with Gasteiger partial charge in [0.2, 0.25) is 5.91 Å². The third-order valence-electron chi connectivity index (χ3n) is 2.53. The Labute approximate surface area is 60.5 Å². The minimum atomic E-state index is -0.723. The average molecular weight is 143 g/mol. The van der Waals surface area contributed by atoms with Crippen LogP contribution in [0.2, 0.25) is 0 Å². The molecule has 2 saturated heterocycles. The highest BCUT2D eigenvalue weighted by Crippen LogP contribution is 2.40. The number of fused-ring (bicyclic) bond motifs is 1. The summed E-state index contributed by atoms with van der Waals surface area (Å²) < 4.78 is 10.6. The SMILES string of the molecule is CC1CO[C@@]2(N)OCC[C@@H]12. The molecule has 0 aromatic carbocycles. The van der Waals surface area contributed by atoms with Gasteiger partial charge in [-0.15, -0.1) is 0 Å². The zero-order valence-electron chi connectivity index (χ0n) is 6.17. The molecule has 3 heteroatoms. The van der Waals surface area contributed by atoms with Gasteiger partial charge in [-0.2, -0.15) is 0 Å². The normalized spacial score (nSPS) is 53.4. The fraction of sp³-hybridized carbons (Fsp3) is 1.00. The molecule has 2 aliphatic heterocycles. The van der Waals surface area contributed by atoms with Gasteiger partial charge in [0.1, 0.15) is 0 Å². The number of rotatable bonds is 0. The molecule has 0 aliphatic carbocycles. The van der Waals surface area contributed by atoms with Crippen LogP contribution in [0.5, 0.6) is 0 Å². The van der Waals surface area contributed by atoms with Crippen molar-refractivity contribution in [3.63, 3.8) is 0 Å². The van der Waals surface area contributed by atoms with Crippen molar-refractivity contribution in [2.24, 2.45) is 17.6 Å². The standard InChI is InChI=1S/C7H13NO2/c1-5-4-10-7(8)6(5)2-3-9-7/h5-6H,2-4,8H2,1H3/t5?,6-,7-/m0/s1. The molecule has 0 bridgehead atoms. The third kappa shape index (κ3) is 0.713. The van der Waals surface area contributed by atoms with E-state index in [1.54, 1.807) is 0 Å². The van der Waals surface area contributed by atoms with Gasteiger partial charge in [0.15, 0.2) is 0 Å². The minimum Gasteiger partial charge on any atom is -0.337 e. The van der Waals surface area contributed by atoms with E-state index in [4.69, 9.17) is 15.2 Å². The van der Waals surface area contributed by atoms with Gasteiger partial charge in [-0.3, -0.25) is 5.73 Å². The molecule has 2 fully saturated rings. The molecule has 2 N–H and O–H groups in total. The maximum absolute atomic E-state index is 5.81. The number of hydrogen-bond acceptors (Lipinski definition) is 3. The summed E-state index contributed by atoms with van der Waals surface area (Å²) in [6.07, 6.45) is 1.05. The van der Waals surface area contributed by atoms with Gasteiger partial charge < -0.3 is 9.47 Å². The van der Waals surface area contributed by atoms with Crippen molar-refractivity contribution in [2.75, 3.05) is 13.2 Å². The molecule has 10 heavy (non-hydrogen) atoms. The van der Waals surface area contributed by atoms with Crippen LogP contribution in [-0.2, 0) is 9.47 Å². The Morgan fingerprint density at radius 1 is 1.50 bits per heavy atom. The molecule has 2 heterocycles. The van der Waals surface area contributed by atoms with Crippen LogP contribution in [0.15, 0.2) is 0 Å². The highest BCUT2D eigenvalue weighted by atomic mass is 16.7. The monoisotopic (exact) mass is 143 g/mol. The van der Waals surface area contributed by atoms with Crippen LogP contribution in [0.1, 0.15) is 13.3 Å². The summed E-state index contributed by atoms with van der Waals surface area (Å²) >= 11 is 0. The average Bonchev–Trinajstić information content (AvgIpc) is 2.35. The van der Waals surface area contributed by atoms with Crippen LogP contribution in [-0.4, -0.2) is 19.1 Å². The Morgan fingerprint density at radius 3 is 3.00 bits per heavy atom. The molecular formula is C7H13NO2. The van der Waals surface area contributed by atoms with Gasteiger partial charge in [-0.25, -0.2) is 0 Å². The predicted molar refractivity (Wildman–Crippen MR) is 36.1 cm³/mol. The summed E-state index contributed by atoms with van der Waals surface area (Å²) in [6.45, 7) is 3.67. The number of ether oxygens (including phenoxy) is 2. The molecule has 0 spiro atoms. The lowest BCUT2D eigenvalue weighted by Crippen LogP contribution is -2.43. The van der Waals surface area contributed by atoms with E-state index >= 15 is 0 Å². The Bertz CT molecular complexity index is 151. The Balaban J connectivity index is 2.19. The van der Waals surface area contributed by atoms with Crippen LogP contribution >= 0.6 is 0 Å². The molecule has 0 radical (unpaired) electrons. The van der Waals surface area contributed by atoms with Crippen LogP contribution in [0.25, 0.3) is 0 Å². The summed E-state index contributed by atoms with van der Waals surface area (Å²) in [6, 6.07) is 0. The summed E-state index contributed by atoms with van der Waals surface area (Å²) in [5, 5.41) is 0. The third-order valence-corrected chi connectivity index (χ3v) is 2.53. The Morgan fingerprint density at radius 2 is 2.30 bits per heavy atom. The maximum atomic E-state index is 5.81. The molecule has 2 aliphatic rings. The van der Waals surface area contributed by atoms with E-state index < -0.39 is 5.91 Å². The van der Waals surface area contributed by atoms with Gasteiger partial charge in [0.05, 0.1) is 13.2 Å². The van der Waals surface area contributed by atoms with E-state index in [0.29, 0.717) is 11.8 Å². The van der Waals surface area contributed by atoms with Gasteiger partial charge >= 0.3 is 0 Å². The summed E-state index contributed by atoms with van der Waals surface area (Å²) in [5.41, 5.74) is 5.81. The molecule has 58 valence electrons. The van der Waals surface area contributed by atoms with Gasteiger partial charge in [-0.05, 0) is 12.3 Å². The molecule has 0 amide bonds. The van der Waals surface area contributed by atoms with E-state index in [9.17, 15) is 0 Å². The Hall–Kier alpha value is -0.120. The zero-order valence-corrected chi connectivity index (χ0v) is 6.17. The largest absolute Gasteiger partial charge is 0.337 e. The van der Waals surface area contributed by atoms with Crippen molar-refractivity contribution in [3.8, 4) is 0 Å². The van der Waals surface area contributed by atoms with Crippen molar-refractivity contribution in [1.82, 2.24) is 0 Å². The molecule has 3 nitrogen and oxygen atoms in total. The molecule has 0 aromatic rings. The second kappa shape index (κ2) is 1.94. The topological polar surface area (TPSA) is 44.5 Å². The van der Waals surface area contributed by atoms with Gasteiger partial charge in [-0.1, -0.05) is 6.92 Å². The molecule has 1 unspecified atom stereocenters. The van der Waals surface area contributed by atoms with E-state index in [0.717, 1.165) is 19.6 Å². The first-order valence-corrected chi connectivity index (χ1v) is 3.79.